The van der Waals surface area contributed by atoms with Crippen LogP contribution in [0.5, 0.6) is 11.5 Å². The minimum atomic E-state index is -2.04. The Morgan fingerprint density at radius 3 is 2.42 bits per heavy atom. The number of rotatable bonds is 5. The van der Waals surface area contributed by atoms with Crippen molar-refractivity contribution in [3.63, 3.8) is 0 Å². The molecular formula is C27H23BrCl2N4O6. The van der Waals surface area contributed by atoms with Crippen LogP contribution in [0.1, 0.15) is 30.9 Å². The first kappa shape index (κ1) is 26.9. The third kappa shape index (κ3) is 3.34. The Morgan fingerprint density at radius 2 is 1.75 bits per heavy atom. The predicted molar refractivity (Wildman–Crippen MR) is 151 cm³/mol. The van der Waals surface area contributed by atoms with Gasteiger partial charge in [0.15, 0.2) is 21.2 Å². The number of hydrogen-bond donors (Lipinski definition) is 1. The van der Waals surface area contributed by atoms with Gasteiger partial charge in [-0.1, -0.05) is 52.3 Å². The van der Waals surface area contributed by atoms with E-state index in [1.54, 1.807) is 61.5 Å². The van der Waals surface area contributed by atoms with E-state index in [-0.39, 0.29) is 42.1 Å². The lowest BCUT2D eigenvalue weighted by Crippen LogP contribution is -2.59. The molecule has 3 heterocycles. The molecule has 2 aromatic carbocycles. The summed E-state index contributed by atoms with van der Waals surface area (Å²) < 4.78 is 9.19. The molecule has 0 unspecified atom stereocenters. The van der Waals surface area contributed by atoms with Crippen molar-refractivity contribution in [2.75, 3.05) is 12.1 Å². The number of aromatic nitrogens is 3. The first-order valence-corrected chi connectivity index (χ1v) is 14.4. The van der Waals surface area contributed by atoms with Crippen molar-refractivity contribution >= 4 is 50.9 Å². The molecule has 1 saturated heterocycles. The van der Waals surface area contributed by atoms with Crippen LogP contribution in [0.15, 0.2) is 69.8 Å². The van der Waals surface area contributed by atoms with Crippen molar-refractivity contribution in [1.29, 1.82) is 0 Å². The highest BCUT2D eigenvalue weighted by atomic mass is 79.9. The number of imide groups is 1. The lowest BCUT2D eigenvalue weighted by molar-refractivity contribution is -0.138. The number of phenolic OH excluding ortho intramolecular Hbond substituents is 1. The van der Waals surface area contributed by atoms with E-state index >= 15 is 0 Å². The molecule has 3 aliphatic rings. The molecule has 1 saturated carbocycles. The van der Waals surface area contributed by atoms with E-state index < -0.39 is 44.9 Å². The first-order chi connectivity index (χ1) is 19.1. The highest BCUT2D eigenvalue weighted by Gasteiger charge is 2.75. The molecule has 0 radical (unpaired) electrons. The molecule has 2 aliphatic heterocycles. The summed E-state index contributed by atoms with van der Waals surface area (Å²) in [6.45, 7) is 2.02. The van der Waals surface area contributed by atoms with Crippen molar-refractivity contribution in [3.05, 3.63) is 86.7 Å². The molecule has 3 aromatic rings. The van der Waals surface area contributed by atoms with E-state index in [0.717, 1.165) is 9.47 Å². The zero-order valence-corrected chi connectivity index (χ0v) is 24.2. The van der Waals surface area contributed by atoms with Crippen LogP contribution in [0, 0.1) is 0 Å². The molecule has 208 valence electrons. The maximum atomic E-state index is 13.8. The fourth-order valence-corrected chi connectivity index (χ4v) is 7.60. The number of carbonyl (C=O) groups is 2. The molecule has 2 fully saturated rings. The van der Waals surface area contributed by atoms with E-state index in [0.29, 0.717) is 11.3 Å². The number of likely N-dealkylation sites (tertiary alicyclic amines) is 1. The smallest absolute Gasteiger partial charge is 0.352 e. The lowest BCUT2D eigenvalue weighted by Gasteiger charge is -2.49. The number of carbonyl (C=O) groups excluding carboxylic acids is 2. The molecule has 10 nitrogen and oxygen atoms in total. The van der Waals surface area contributed by atoms with Gasteiger partial charge in [-0.3, -0.25) is 14.5 Å². The maximum Gasteiger partial charge on any atom is 0.352 e. The number of amides is 2. The standard InChI is InChI=1S/C27H23BrCl2N4O6/c1-2-40-19-10-6-9-17(21(19)35)20-16-11-12-32-24(38)33(15-7-4-3-5-8-15)25(39)34(32)18(16)13-26(29)22(36)31(14-28)23(37)27(20,26)30/h3-11,18,20,35H,2,12-14H2,1H3/t18-,20-,26-,27+/m1/s1. The number of nitrogens with zero attached hydrogens (tertiary/aromatic N) is 4. The Morgan fingerprint density at radius 1 is 1.02 bits per heavy atom. The highest BCUT2D eigenvalue weighted by molar-refractivity contribution is 9.09. The van der Waals surface area contributed by atoms with Crippen LogP contribution < -0.4 is 16.1 Å². The van der Waals surface area contributed by atoms with Crippen LogP contribution in [0.4, 0.5) is 0 Å². The van der Waals surface area contributed by atoms with Gasteiger partial charge in [-0.05, 0) is 30.7 Å². The van der Waals surface area contributed by atoms with Gasteiger partial charge < -0.3 is 9.84 Å². The normalized spacial score (nSPS) is 27.2. The second-order valence-corrected chi connectivity index (χ2v) is 11.6. The van der Waals surface area contributed by atoms with E-state index in [2.05, 4.69) is 15.9 Å². The molecule has 1 aromatic heterocycles. The maximum absolute atomic E-state index is 13.8. The minimum Gasteiger partial charge on any atom is -0.504 e. The van der Waals surface area contributed by atoms with E-state index in [1.165, 1.54) is 9.36 Å². The van der Waals surface area contributed by atoms with Gasteiger partial charge in [0.05, 0.1) is 30.3 Å². The molecule has 0 spiro atoms. The van der Waals surface area contributed by atoms with Crippen molar-refractivity contribution in [2.24, 2.45) is 0 Å². The highest BCUT2D eigenvalue weighted by Crippen LogP contribution is 2.64. The van der Waals surface area contributed by atoms with Gasteiger partial charge >= 0.3 is 11.4 Å². The summed E-state index contributed by atoms with van der Waals surface area (Å²) >= 11 is 17.5. The average Bonchev–Trinajstić information content (AvgIpc) is 3.28. The summed E-state index contributed by atoms with van der Waals surface area (Å²) in [6.07, 6.45) is 1.48. The molecular weight excluding hydrogens is 627 g/mol. The zero-order valence-electron chi connectivity index (χ0n) is 21.1. The minimum absolute atomic E-state index is 0.00525. The largest absolute Gasteiger partial charge is 0.504 e. The zero-order chi connectivity index (χ0) is 28.6. The molecule has 1 N–H and O–H groups in total. The number of aromatic hydroxyl groups is 1. The second kappa shape index (κ2) is 9.39. The molecule has 2 amide bonds. The third-order valence-corrected chi connectivity index (χ3v) is 9.85. The Balaban J connectivity index is 1.62. The van der Waals surface area contributed by atoms with Crippen molar-refractivity contribution in [3.8, 4) is 17.2 Å². The van der Waals surface area contributed by atoms with Gasteiger partial charge in [-0.25, -0.2) is 23.5 Å². The first-order valence-electron chi connectivity index (χ1n) is 12.6. The number of alkyl halides is 3. The van der Waals surface area contributed by atoms with E-state index in [9.17, 15) is 24.3 Å². The number of ether oxygens (including phenoxy) is 1. The number of phenols is 1. The molecule has 6 rings (SSSR count). The third-order valence-electron chi connectivity index (χ3n) is 7.94. The molecule has 40 heavy (non-hydrogen) atoms. The number of hydrogen-bond acceptors (Lipinski definition) is 6. The van der Waals surface area contributed by atoms with Crippen molar-refractivity contribution < 1.29 is 19.4 Å². The summed E-state index contributed by atoms with van der Waals surface area (Å²) in [6, 6.07) is 12.4. The van der Waals surface area contributed by atoms with E-state index in [4.69, 9.17) is 27.9 Å². The second-order valence-electron chi connectivity index (χ2n) is 9.82. The number of benzene rings is 2. The number of para-hydroxylation sites is 2. The van der Waals surface area contributed by atoms with E-state index in [1.807, 2.05) is 0 Å². The van der Waals surface area contributed by atoms with Crippen LogP contribution in [0.25, 0.3) is 5.69 Å². The van der Waals surface area contributed by atoms with Crippen LogP contribution in [0.2, 0.25) is 0 Å². The fraction of sp³-hybridized carbons (Fsp3) is 0.333. The number of allylic oxidation sites excluding steroid dienone is 2. The monoisotopic (exact) mass is 648 g/mol. The quantitative estimate of drug-likeness (QED) is 0.196. The fourth-order valence-electron chi connectivity index (χ4n) is 6.20. The van der Waals surface area contributed by atoms with Crippen molar-refractivity contribution in [2.45, 2.75) is 41.6 Å². The summed E-state index contributed by atoms with van der Waals surface area (Å²) in [4.78, 5) is 51.7. The Labute approximate surface area is 246 Å². The van der Waals surface area contributed by atoms with Crippen LogP contribution in [-0.4, -0.2) is 57.6 Å². The van der Waals surface area contributed by atoms with Gasteiger partial charge in [0.2, 0.25) is 0 Å². The van der Waals surface area contributed by atoms with Crippen molar-refractivity contribution in [1.82, 2.24) is 18.8 Å². The predicted octanol–water partition coefficient (Wildman–Crippen LogP) is 3.25. The molecule has 1 aliphatic carbocycles. The molecule has 0 bridgehead atoms. The summed E-state index contributed by atoms with van der Waals surface area (Å²) in [5, 5.41) is 11.3. The van der Waals surface area contributed by atoms with Crippen LogP contribution >= 0.6 is 39.1 Å². The van der Waals surface area contributed by atoms with Gasteiger partial charge in [0.25, 0.3) is 11.8 Å². The number of fused-ring (bicyclic) bond motifs is 4. The average molecular weight is 650 g/mol. The Kier molecular flexibility index (Phi) is 6.32. The topological polar surface area (TPSA) is 116 Å². The van der Waals surface area contributed by atoms with Gasteiger partial charge in [0, 0.05) is 17.9 Å². The van der Waals surface area contributed by atoms with Crippen LogP contribution in [0.3, 0.4) is 0 Å². The Bertz CT molecular complexity index is 1720. The SMILES string of the molecule is CCOc1cccc([C@H]2C3=CCn4c(=O)n(-c5ccccc5)c(=O)n4[C@@H]3C[C@@]3(Cl)C(=O)N(CBr)C(=O)[C@@]23Cl)c1O. The number of halogens is 3. The van der Waals surface area contributed by atoms with Gasteiger partial charge in [-0.15, -0.1) is 23.2 Å². The summed E-state index contributed by atoms with van der Waals surface area (Å²) in [5.74, 6) is -2.69. The van der Waals surface area contributed by atoms with Crippen LogP contribution in [-0.2, 0) is 16.1 Å². The summed E-state index contributed by atoms with van der Waals surface area (Å²) in [5.41, 5.74) is -0.260. The van der Waals surface area contributed by atoms with Gasteiger partial charge in [0.1, 0.15) is 0 Å². The molecule has 13 heteroatoms. The Hall–Kier alpha value is -3.28. The molecule has 4 atom stereocenters. The van der Waals surface area contributed by atoms with Gasteiger partial charge in [-0.2, -0.15) is 0 Å². The lowest BCUT2D eigenvalue weighted by atomic mass is 9.64. The summed E-state index contributed by atoms with van der Waals surface area (Å²) in [7, 11) is 0.